The molecule has 0 aliphatic carbocycles. The highest BCUT2D eigenvalue weighted by molar-refractivity contribution is 6.36. The fourth-order valence-electron chi connectivity index (χ4n) is 8.00. The number of amides is 1. The predicted octanol–water partition coefficient (Wildman–Crippen LogP) is 4.19. The molecular weight excluding hydrogens is 614 g/mol. The first-order valence-corrected chi connectivity index (χ1v) is 16.1. The smallest absolute Gasteiger partial charge is 0.287 e. The first-order valence-electron chi connectivity index (χ1n) is 16.1. The summed E-state index contributed by atoms with van der Waals surface area (Å²) >= 11 is 0. The van der Waals surface area contributed by atoms with Crippen LogP contribution in [0.4, 0.5) is 0 Å². The second-order valence-corrected chi connectivity index (χ2v) is 12.8. The number of phenolic OH excluding ortho intramolecular Hbond substituents is 2. The lowest BCUT2D eigenvalue weighted by Crippen LogP contribution is -2.54. The lowest BCUT2D eigenvalue weighted by atomic mass is 9.80. The Bertz CT molecular complexity index is 1710. The maximum atomic E-state index is 13.4. The number of carbonyl (C=O) groups excluding carboxylic acids is 2. The van der Waals surface area contributed by atoms with E-state index in [9.17, 15) is 19.8 Å². The Morgan fingerprint density at radius 3 is 1.88 bits per heavy atom. The molecule has 0 spiro atoms. The van der Waals surface area contributed by atoms with Crippen molar-refractivity contribution in [1.29, 1.82) is 0 Å². The predicted molar refractivity (Wildman–Crippen MR) is 182 cm³/mol. The average molecular weight is 662 g/mol. The van der Waals surface area contributed by atoms with Crippen LogP contribution >= 0.6 is 0 Å². The summed E-state index contributed by atoms with van der Waals surface area (Å²) < 4.78 is 23.4. The standard InChI is InChI=1S/C37H47N3O8/c1-19-33(45-6)23-16-25(39(4)5)21(3)40-26(29(23)31(42)35(19)47-8)17-24-30(32(43)36(48-9)20(2)34(24)46-7)27(40)18-38-37(44)28(41)15-22-13-11-10-12-14-22/h10-14,21,25-27,42-43H,15-18H2,1-9H3,(H,38,44)/t21-,25-,26-,27-/m0/s1. The summed E-state index contributed by atoms with van der Waals surface area (Å²) in [5.41, 5.74) is 4.85. The molecule has 5 rings (SSSR count). The first-order chi connectivity index (χ1) is 22.9. The number of hydrogen-bond donors (Lipinski definition) is 3. The maximum absolute atomic E-state index is 13.4. The Labute approximate surface area is 282 Å². The van der Waals surface area contributed by atoms with Crippen molar-refractivity contribution in [3.05, 3.63) is 69.3 Å². The van der Waals surface area contributed by atoms with Gasteiger partial charge in [-0.05, 0) is 53.3 Å². The molecule has 3 aromatic rings. The summed E-state index contributed by atoms with van der Waals surface area (Å²) in [7, 11) is 10.2. The van der Waals surface area contributed by atoms with E-state index in [1.165, 1.54) is 14.2 Å². The van der Waals surface area contributed by atoms with E-state index >= 15 is 0 Å². The van der Waals surface area contributed by atoms with Crippen LogP contribution in [-0.4, -0.2) is 92.9 Å². The molecule has 3 N–H and O–H groups in total. The number of Topliss-reactive ketones (excluding diaryl/α,β-unsaturated/α-hetero) is 1. The third-order valence-corrected chi connectivity index (χ3v) is 10.1. The summed E-state index contributed by atoms with van der Waals surface area (Å²) in [4.78, 5) is 30.8. The summed E-state index contributed by atoms with van der Waals surface area (Å²) in [6.45, 7) is 5.79. The van der Waals surface area contributed by atoms with Gasteiger partial charge < -0.3 is 39.4 Å². The van der Waals surface area contributed by atoms with Gasteiger partial charge in [-0.1, -0.05) is 30.3 Å². The van der Waals surface area contributed by atoms with Gasteiger partial charge in [0.2, 0.25) is 5.78 Å². The molecule has 11 nitrogen and oxygen atoms in total. The molecule has 2 aliphatic heterocycles. The quantitative estimate of drug-likeness (QED) is 0.272. The van der Waals surface area contributed by atoms with Gasteiger partial charge in [-0.2, -0.15) is 0 Å². The molecule has 2 aliphatic rings. The molecule has 0 saturated carbocycles. The lowest BCUT2D eigenvalue weighted by Gasteiger charge is -2.48. The van der Waals surface area contributed by atoms with Crippen LogP contribution in [0, 0.1) is 13.8 Å². The van der Waals surface area contributed by atoms with Gasteiger partial charge in [0.25, 0.3) is 5.91 Å². The lowest BCUT2D eigenvalue weighted by molar-refractivity contribution is -0.137. The molecule has 11 heteroatoms. The third-order valence-electron chi connectivity index (χ3n) is 10.1. The van der Waals surface area contributed by atoms with Crippen LogP contribution in [0.1, 0.15) is 58.0 Å². The second kappa shape index (κ2) is 13.9. The van der Waals surface area contributed by atoms with Crippen LogP contribution in [-0.2, 0) is 28.9 Å². The fourth-order valence-corrected chi connectivity index (χ4v) is 8.00. The minimum atomic E-state index is -0.720. The van der Waals surface area contributed by atoms with Gasteiger partial charge in [0.1, 0.15) is 11.5 Å². The van der Waals surface area contributed by atoms with Gasteiger partial charge in [-0.15, -0.1) is 0 Å². The van der Waals surface area contributed by atoms with Crippen LogP contribution in [0.2, 0.25) is 0 Å². The van der Waals surface area contributed by atoms with Gasteiger partial charge in [-0.25, -0.2) is 0 Å². The first kappa shape index (κ1) is 34.8. The molecule has 1 amide bonds. The monoisotopic (exact) mass is 661 g/mol. The molecule has 3 aromatic carbocycles. The number of nitrogens with zero attached hydrogens (tertiary/aromatic N) is 2. The number of fused-ring (bicyclic) bond motifs is 4. The number of methoxy groups -OCH3 is 4. The Kier molecular flexibility index (Phi) is 10.1. The maximum Gasteiger partial charge on any atom is 0.287 e. The van der Waals surface area contributed by atoms with E-state index in [1.54, 1.807) is 26.4 Å². The highest BCUT2D eigenvalue weighted by Crippen LogP contribution is 2.57. The van der Waals surface area contributed by atoms with E-state index in [4.69, 9.17) is 18.9 Å². The molecule has 0 radical (unpaired) electrons. The van der Waals surface area contributed by atoms with Gasteiger partial charge in [0, 0.05) is 64.5 Å². The molecule has 258 valence electrons. The van der Waals surface area contributed by atoms with Gasteiger partial charge >= 0.3 is 0 Å². The number of carbonyl (C=O) groups is 2. The van der Waals surface area contributed by atoms with E-state index in [1.807, 2.05) is 46.1 Å². The van der Waals surface area contributed by atoms with Crippen LogP contribution in [0.15, 0.2) is 30.3 Å². The normalized spacial score (nSPS) is 20.2. The van der Waals surface area contributed by atoms with Crippen LogP contribution in [0.25, 0.3) is 0 Å². The van der Waals surface area contributed by atoms with Crippen LogP contribution in [0.5, 0.6) is 34.5 Å². The number of phenols is 2. The number of aromatic hydroxyl groups is 2. The van der Waals surface area contributed by atoms with Crippen LogP contribution in [0.3, 0.4) is 0 Å². The number of hydrogen-bond acceptors (Lipinski definition) is 10. The van der Waals surface area contributed by atoms with Crippen molar-refractivity contribution >= 4 is 11.7 Å². The summed E-state index contributed by atoms with van der Waals surface area (Å²) in [5.74, 6) is 0.457. The molecule has 4 atom stereocenters. The zero-order chi connectivity index (χ0) is 35.0. The Morgan fingerprint density at radius 2 is 1.35 bits per heavy atom. The summed E-state index contributed by atoms with van der Waals surface area (Å²) in [6, 6.07) is 7.74. The summed E-state index contributed by atoms with van der Waals surface area (Å²) in [5, 5.41) is 26.7. The Hall–Kier alpha value is -4.48. The Morgan fingerprint density at radius 1 is 0.833 bits per heavy atom. The largest absolute Gasteiger partial charge is 0.504 e. The molecule has 2 heterocycles. The van der Waals surface area contributed by atoms with Gasteiger partial charge in [0.05, 0.1) is 34.5 Å². The van der Waals surface area contributed by atoms with Crippen LogP contribution < -0.4 is 24.3 Å². The molecule has 0 bridgehead atoms. The van der Waals surface area contributed by atoms with E-state index in [-0.39, 0.29) is 42.3 Å². The van der Waals surface area contributed by atoms with Crippen molar-refractivity contribution < 1.29 is 38.7 Å². The van der Waals surface area contributed by atoms with Gasteiger partial charge in [-0.3, -0.25) is 14.5 Å². The summed E-state index contributed by atoms with van der Waals surface area (Å²) in [6.07, 6.45) is 0.870. The van der Waals surface area contributed by atoms with Crippen molar-refractivity contribution in [1.82, 2.24) is 15.1 Å². The Balaban J connectivity index is 1.73. The highest BCUT2D eigenvalue weighted by atomic mass is 16.5. The molecule has 48 heavy (non-hydrogen) atoms. The zero-order valence-corrected chi connectivity index (χ0v) is 29.3. The number of rotatable bonds is 10. The van der Waals surface area contributed by atoms with Gasteiger partial charge in [0.15, 0.2) is 23.0 Å². The van der Waals surface area contributed by atoms with E-state index in [0.29, 0.717) is 52.3 Å². The number of ketones is 1. The van der Waals surface area contributed by atoms with Crippen molar-refractivity contribution in [2.45, 2.75) is 64.2 Å². The average Bonchev–Trinajstić information content (AvgIpc) is 3.18. The molecule has 0 fully saturated rings. The third kappa shape index (κ3) is 5.79. The van der Waals surface area contributed by atoms with Crippen molar-refractivity contribution in [2.75, 3.05) is 49.1 Å². The fraction of sp³-hybridized carbons (Fsp3) is 0.459. The SMILES string of the molecule is COc1c(C)c(OC)c2c(c1O)[C@H](CNC(=O)C(=O)Cc1ccccc1)N1[C@@H](C2)c2c(O)c(OC)c(C)c(OC)c2C[C@H](N(C)C)[C@@H]1C. The zero-order valence-electron chi connectivity index (χ0n) is 29.3. The number of nitrogens with one attached hydrogen (secondary N) is 1. The molecular formula is C37H47N3O8. The minimum absolute atomic E-state index is 0.00743. The number of benzene rings is 3. The van der Waals surface area contributed by atoms with Crippen molar-refractivity contribution in [2.24, 2.45) is 0 Å². The van der Waals surface area contributed by atoms with Crippen molar-refractivity contribution in [3.63, 3.8) is 0 Å². The minimum Gasteiger partial charge on any atom is -0.504 e. The van der Waals surface area contributed by atoms with E-state index in [0.717, 1.165) is 16.7 Å². The molecule has 0 aromatic heterocycles. The molecule has 0 unspecified atom stereocenters. The second-order valence-electron chi connectivity index (χ2n) is 12.8. The highest BCUT2D eigenvalue weighted by Gasteiger charge is 2.49. The number of ether oxygens (including phenoxy) is 4. The van der Waals surface area contributed by atoms with E-state index < -0.39 is 23.8 Å². The number of likely N-dealkylation sites (N-methyl/N-ethyl adjacent to an activating group) is 1. The van der Waals surface area contributed by atoms with Crippen molar-refractivity contribution in [3.8, 4) is 34.5 Å². The topological polar surface area (TPSA) is 130 Å². The molecule has 0 saturated heterocycles. The van der Waals surface area contributed by atoms with E-state index in [2.05, 4.69) is 22.0 Å².